The highest BCUT2D eigenvalue weighted by atomic mass is 16.6. The maximum atomic E-state index is 10.6. The van der Waals surface area contributed by atoms with Gasteiger partial charge in [0.1, 0.15) is 12.4 Å². The van der Waals surface area contributed by atoms with E-state index in [1.807, 2.05) is 0 Å². The summed E-state index contributed by atoms with van der Waals surface area (Å²) in [5, 5.41) is 23.0. The van der Waals surface area contributed by atoms with E-state index in [1.54, 1.807) is 0 Å². The lowest BCUT2D eigenvalue weighted by Gasteiger charge is -2.03. The van der Waals surface area contributed by atoms with Gasteiger partial charge >= 0.3 is 0 Å². The van der Waals surface area contributed by atoms with Crippen molar-refractivity contribution in [1.29, 1.82) is 0 Å². The summed E-state index contributed by atoms with van der Waals surface area (Å²) in [5.74, 6) is 0.508. The molecule has 0 bridgehead atoms. The van der Waals surface area contributed by atoms with Crippen molar-refractivity contribution in [2.45, 2.75) is 6.61 Å². The number of rotatable bonds is 4. The summed E-state index contributed by atoms with van der Waals surface area (Å²) in [6.07, 6.45) is 0. The van der Waals surface area contributed by atoms with Crippen LogP contribution in [0.5, 0.6) is 5.75 Å². The highest BCUT2D eigenvalue weighted by Gasteiger charge is 2.17. The Morgan fingerprint density at radius 3 is 2.89 bits per heavy atom. The number of aliphatic hydroxyl groups excluding tert-OH is 1. The molecule has 0 aliphatic rings. The number of nitrogens with zero attached hydrogens (tertiary/aromatic N) is 3. The van der Waals surface area contributed by atoms with Crippen molar-refractivity contribution in [2.24, 2.45) is 0 Å². The molecule has 0 aliphatic carbocycles. The van der Waals surface area contributed by atoms with Gasteiger partial charge in [0.2, 0.25) is 0 Å². The Balaban J connectivity index is 2.47. The van der Waals surface area contributed by atoms with Crippen molar-refractivity contribution in [1.82, 2.24) is 10.1 Å². The fourth-order valence-electron chi connectivity index (χ4n) is 1.40. The van der Waals surface area contributed by atoms with Crippen LogP contribution in [-0.4, -0.2) is 27.3 Å². The number of non-ortho nitro benzene ring substituents is 1. The summed E-state index contributed by atoms with van der Waals surface area (Å²) < 4.78 is 9.95. The van der Waals surface area contributed by atoms with E-state index >= 15 is 0 Å². The first kappa shape index (κ1) is 12.0. The lowest BCUT2D eigenvalue weighted by Crippen LogP contribution is -1.93. The van der Waals surface area contributed by atoms with Gasteiger partial charge in [0, 0.05) is 6.07 Å². The van der Waals surface area contributed by atoms with Gasteiger partial charge in [0.25, 0.3) is 11.6 Å². The number of nitro groups is 1. The van der Waals surface area contributed by atoms with Crippen LogP contribution in [-0.2, 0) is 6.61 Å². The molecule has 94 valence electrons. The molecule has 0 unspecified atom stereocenters. The average molecular weight is 251 g/mol. The topological polar surface area (TPSA) is 112 Å². The SMILES string of the molecule is COc1cc([N+](=O)[O-])ccc1-c1nc(CO)no1. The maximum absolute atomic E-state index is 10.6. The van der Waals surface area contributed by atoms with Gasteiger partial charge in [-0.3, -0.25) is 10.1 Å². The van der Waals surface area contributed by atoms with E-state index in [2.05, 4.69) is 10.1 Å². The molecule has 0 spiro atoms. The van der Waals surface area contributed by atoms with E-state index < -0.39 is 4.92 Å². The zero-order valence-corrected chi connectivity index (χ0v) is 9.36. The van der Waals surface area contributed by atoms with Crippen LogP contribution in [0.25, 0.3) is 11.5 Å². The van der Waals surface area contributed by atoms with Gasteiger partial charge in [-0.25, -0.2) is 0 Å². The molecule has 2 aromatic rings. The highest BCUT2D eigenvalue weighted by Crippen LogP contribution is 2.32. The van der Waals surface area contributed by atoms with Crippen molar-refractivity contribution < 1.29 is 19.3 Å². The molecule has 1 aromatic carbocycles. The van der Waals surface area contributed by atoms with Crippen molar-refractivity contribution in [3.05, 3.63) is 34.1 Å². The fraction of sp³-hybridized carbons (Fsp3) is 0.200. The van der Waals surface area contributed by atoms with Crippen LogP contribution in [0.2, 0.25) is 0 Å². The number of hydrogen-bond donors (Lipinski definition) is 1. The van der Waals surface area contributed by atoms with Crippen LogP contribution in [0.1, 0.15) is 5.82 Å². The van der Waals surface area contributed by atoms with Gasteiger partial charge < -0.3 is 14.4 Å². The van der Waals surface area contributed by atoms with Crippen LogP contribution < -0.4 is 4.74 Å². The minimum atomic E-state index is -0.529. The third-order valence-electron chi connectivity index (χ3n) is 2.24. The second-order valence-electron chi connectivity index (χ2n) is 3.32. The van der Waals surface area contributed by atoms with Gasteiger partial charge in [-0.2, -0.15) is 4.98 Å². The molecule has 8 heteroatoms. The van der Waals surface area contributed by atoms with Gasteiger partial charge in [-0.1, -0.05) is 5.16 Å². The monoisotopic (exact) mass is 251 g/mol. The number of aromatic nitrogens is 2. The van der Waals surface area contributed by atoms with Crippen molar-refractivity contribution in [3.63, 3.8) is 0 Å². The minimum Gasteiger partial charge on any atom is -0.496 e. The Morgan fingerprint density at radius 1 is 1.56 bits per heavy atom. The number of methoxy groups -OCH3 is 1. The minimum absolute atomic E-state index is 0.0995. The number of hydrogen-bond acceptors (Lipinski definition) is 7. The third-order valence-corrected chi connectivity index (χ3v) is 2.24. The summed E-state index contributed by atoms with van der Waals surface area (Å²) in [7, 11) is 1.38. The van der Waals surface area contributed by atoms with E-state index in [1.165, 1.54) is 25.3 Å². The van der Waals surface area contributed by atoms with Crippen molar-refractivity contribution in [2.75, 3.05) is 7.11 Å². The molecule has 1 N–H and O–H groups in total. The van der Waals surface area contributed by atoms with Crippen LogP contribution in [0.3, 0.4) is 0 Å². The predicted octanol–water partition coefficient (Wildman–Crippen LogP) is 1.15. The first-order valence-corrected chi connectivity index (χ1v) is 4.92. The van der Waals surface area contributed by atoms with Gasteiger partial charge in [0.05, 0.1) is 23.7 Å². The Labute approximate surface area is 101 Å². The Hall–Kier alpha value is -2.48. The summed E-state index contributed by atoms with van der Waals surface area (Å²) >= 11 is 0. The van der Waals surface area contributed by atoms with Crippen molar-refractivity contribution in [3.8, 4) is 17.2 Å². The molecule has 8 nitrogen and oxygen atoms in total. The smallest absolute Gasteiger partial charge is 0.273 e. The normalized spacial score (nSPS) is 10.3. The largest absolute Gasteiger partial charge is 0.496 e. The molecule has 0 saturated carbocycles. The predicted molar refractivity (Wildman–Crippen MR) is 58.9 cm³/mol. The molecule has 0 aliphatic heterocycles. The van der Waals surface area contributed by atoms with E-state index in [9.17, 15) is 10.1 Å². The second kappa shape index (κ2) is 4.80. The fourth-order valence-corrected chi connectivity index (χ4v) is 1.40. The van der Waals surface area contributed by atoms with Gasteiger partial charge in [-0.05, 0) is 6.07 Å². The molecule has 0 radical (unpaired) electrons. The van der Waals surface area contributed by atoms with E-state index in [0.717, 1.165) is 0 Å². The van der Waals surface area contributed by atoms with Crippen LogP contribution in [0, 0.1) is 10.1 Å². The van der Waals surface area contributed by atoms with E-state index in [4.69, 9.17) is 14.4 Å². The highest BCUT2D eigenvalue weighted by molar-refractivity contribution is 5.65. The molecular formula is C10H9N3O5. The third kappa shape index (κ3) is 2.13. The molecule has 1 heterocycles. The summed E-state index contributed by atoms with van der Waals surface area (Å²) in [6, 6.07) is 4.02. The molecule has 2 rings (SSSR count). The zero-order chi connectivity index (χ0) is 13.1. The molecule has 1 aromatic heterocycles. The van der Waals surface area contributed by atoms with Crippen molar-refractivity contribution >= 4 is 5.69 Å². The Morgan fingerprint density at radius 2 is 2.33 bits per heavy atom. The molecule has 18 heavy (non-hydrogen) atoms. The first-order valence-electron chi connectivity index (χ1n) is 4.92. The van der Waals surface area contributed by atoms with Gasteiger partial charge in [0.15, 0.2) is 5.82 Å². The molecular weight excluding hydrogens is 242 g/mol. The lowest BCUT2D eigenvalue weighted by atomic mass is 10.2. The van der Waals surface area contributed by atoms with Crippen LogP contribution in [0.15, 0.2) is 22.7 Å². The number of ether oxygens (including phenoxy) is 1. The molecule has 0 amide bonds. The summed E-state index contributed by atoms with van der Waals surface area (Å²) in [4.78, 5) is 14.0. The Kier molecular flexibility index (Phi) is 3.20. The lowest BCUT2D eigenvalue weighted by molar-refractivity contribution is -0.384. The zero-order valence-electron chi connectivity index (χ0n) is 9.36. The second-order valence-corrected chi connectivity index (χ2v) is 3.32. The van der Waals surface area contributed by atoms with Gasteiger partial charge in [-0.15, -0.1) is 0 Å². The van der Waals surface area contributed by atoms with Crippen LogP contribution in [0.4, 0.5) is 5.69 Å². The van der Waals surface area contributed by atoms with E-state index in [0.29, 0.717) is 5.56 Å². The maximum Gasteiger partial charge on any atom is 0.273 e. The first-order chi connectivity index (χ1) is 8.65. The molecule has 0 saturated heterocycles. The molecule has 0 fully saturated rings. The summed E-state index contributed by atoms with van der Waals surface area (Å²) in [6.45, 7) is -0.348. The standard InChI is InChI=1S/C10H9N3O5/c1-17-8-4-6(13(15)16)2-3-7(8)10-11-9(5-14)12-18-10/h2-4,14H,5H2,1H3. The van der Waals surface area contributed by atoms with Crippen LogP contribution >= 0.6 is 0 Å². The number of nitro benzene ring substituents is 1. The quantitative estimate of drug-likeness (QED) is 0.640. The van der Waals surface area contributed by atoms with E-state index in [-0.39, 0.29) is 29.8 Å². The number of aliphatic hydroxyl groups is 1. The molecule has 0 atom stereocenters. The Bertz CT molecular complexity index is 581. The average Bonchev–Trinajstić information content (AvgIpc) is 2.86. The number of benzene rings is 1. The summed E-state index contributed by atoms with van der Waals surface area (Å²) in [5.41, 5.74) is 0.327.